The molecule has 6 heteroatoms. The topological polar surface area (TPSA) is 55.2 Å². The van der Waals surface area contributed by atoms with E-state index in [1.165, 1.54) is 6.07 Å². The molecule has 0 aliphatic rings. The monoisotopic (exact) mass is 242 g/mol. The maximum Gasteiger partial charge on any atom is 0.295 e. The Hall–Kier alpha value is -1.80. The van der Waals surface area contributed by atoms with E-state index < -0.39 is 10.7 Å². The molecule has 0 heterocycles. The number of halogens is 2. The molecule has 0 atom stereocenters. The van der Waals surface area contributed by atoms with E-state index in [0.29, 0.717) is 0 Å². The van der Waals surface area contributed by atoms with Crippen molar-refractivity contribution in [3.63, 3.8) is 0 Å². The first-order chi connectivity index (χ1) is 7.56. The van der Waals surface area contributed by atoms with Gasteiger partial charge in [-0.25, -0.2) is 4.39 Å². The van der Waals surface area contributed by atoms with Gasteiger partial charge in [-0.15, -0.1) is 5.92 Å². The summed E-state index contributed by atoms with van der Waals surface area (Å²) in [5, 5.41) is 13.2. The molecule has 0 saturated heterocycles. The smallest absolute Gasteiger partial charge is 0.295 e. The van der Waals surface area contributed by atoms with Crippen LogP contribution in [-0.2, 0) is 0 Å². The third-order valence-electron chi connectivity index (χ3n) is 1.78. The molecule has 0 radical (unpaired) electrons. The molecule has 0 aliphatic heterocycles. The Bertz CT molecular complexity index is 480. The van der Waals surface area contributed by atoms with Crippen molar-refractivity contribution in [2.24, 2.45) is 0 Å². The highest BCUT2D eigenvalue weighted by molar-refractivity contribution is 6.31. The second kappa shape index (κ2) is 5.33. The lowest BCUT2D eigenvalue weighted by Crippen LogP contribution is -2.03. The van der Waals surface area contributed by atoms with E-state index in [0.717, 1.165) is 6.07 Å². The first-order valence-electron chi connectivity index (χ1n) is 4.33. The number of nitrogens with zero attached hydrogens (tertiary/aromatic N) is 1. The summed E-state index contributed by atoms with van der Waals surface area (Å²) >= 11 is 5.53. The van der Waals surface area contributed by atoms with Crippen LogP contribution in [0.15, 0.2) is 12.1 Å². The quantitative estimate of drug-likeness (QED) is 0.504. The maximum absolute atomic E-state index is 13.0. The number of anilines is 1. The summed E-state index contributed by atoms with van der Waals surface area (Å²) in [6, 6.07) is 1.95. The minimum Gasteiger partial charge on any atom is -0.369 e. The minimum absolute atomic E-state index is 0.152. The van der Waals surface area contributed by atoms with Gasteiger partial charge in [0.2, 0.25) is 0 Å². The number of hydrogen-bond acceptors (Lipinski definition) is 3. The Morgan fingerprint density at radius 2 is 2.31 bits per heavy atom. The molecular weight excluding hydrogens is 235 g/mol. The zero-order valence-corrected chi connectivity index (χ0v) is 9.14. The van der Waals surface area contributed by atoms with Gasteiger partial charge in [0.15, 0.2) is 0 Å². The molecule has 1 rings (SSSR count). The van der Waals surface area contributed by atoms with Gasteiger partial charge in [0.1, 0.15) is 11.5 Å². The van der Waals surface area contributed by atoms with Gasteiger partial charge in [0, 0.05) is 0 Å². The molecule has 0 aliphatic carbocycles. The summed E-state index contributed by atoms with van der Waals surface area (Å²) < 4.78 is 13.0. The van der Waals surface area contributed by atoms with E-state index >= 15 is 0 Å². The van der Waals surface area contributed by atoms with Gasteiger partial charge in [-0.1, -0.05) is 17.5 Å². The van der Waals surface area contributed by atoms with Gasteiger partial charge >= 0.3 is 0 Å². The molecule has 1 aromatic carbocycles. The molecule has 1 aromatic rings. The molecule has 84 valence electrons. The van der Waals surface area contributed by atoms with Crippen molar-refractivity contribution in [2.75, 3.05) is 11.9 Å². The van der Waals surface area contributed by atoms with Gasteiger partial charge in [-0.05, 0) is 13.0 Å². The fourth-order valence-corrected chi connectivity index (χ4v) is 1.22. The van der Waals surface area contributed by atoms with E-state index in [1.807, 2.05) is 0 Å². The number of hydrogen-bond donors (Lipinski definition) is 1. The second-order valence-electron chi connectivity index (χ2n) is 2.82. The Morgan fingerprint density at radius 1 is 1.62 bits per heavy atom. The van der Waals surface area contributed by atoms with Crippen LogP contribution < -0.4 is 5.32 Å². The van der Waals surface area contributed by atoms with Gasteiger partial charge in [0.05, 0.1) is 22.6 Å². The summed E-state index contributed by atoms with van der Waals surface area (Å²) in [6.07, 6.45) is 0. The largest absolute Gasteiger partial charge is 0.369 e. The van der Waals surface area contributed by atoms with Crippen molar-refractivity contribution >= 4 is 23.0 Å². The predicted octanol–water partition coefficient (Wildman–Crippen LogP) is 2.82. The number of nitro benzene ring substituents is 1. The lowest BCUT2D eigenvalue weighted by molar-refractivity contribution is -0.384. The van der Waals surface area contributed by atoms with Crippen LogP contribution >= 0.6 is 11.6 Å². The van der Waals surface area contributed by atoms with Gasteiger partial charge in [0.25, 0.3) is 5.69 Å². The zero-order chi connectivity index (χ0) is 12.1. The third-order valence-corrected chi connectivity index (χ3v) is 2.07. The fourth-order valence-electron chi connectivity index (χ4n) is 1.06. The van der Waals surface area contributed by atoms with E-state index in [4.69, 9.17) is 11.6 Å². The molecule has 0 aromatic heterocycles. The standard InChI is InChI=1S/C10H8ClFN2O2/c1-2-3-4-13-9-5-7(11)8(12)6-10(9)14(15)16/h5-6,13H,4H2,1H3. The van der Waals surface area contributed by atoms with Gasteiger partial charge < -0.3 is 5.32 Å². The van der Waals surface area contributed by atoms with Crippen LogP contribution in [0.1, 0.15) is 6.92 Å². The Kier molecular flexibility index (Phi) is 4.09. The molecular formula is C10H8ClFN2O2. The molecule has 4 nitrogen and oxygen atoms in total. The molecule has 0 fully saturated rings. The van der Waals surface area contributed by atoms with Gasteiger partial charge in [-0.2, -0.15) is 0 Å². The maximum atomic E-state index is 13.0. The summed E-state index contributed by atoms with van der Waals surface area (Å²) in [5.41, 5.74) is -0.209. The lowest BCUT2D eigenvalue weighted by atomic mass is 10.2. The highest BCUT2D eigenvalue weighted by Gasteiger charge is 2.17. The second-order valence-corrected chi connectivity index (χ2v) is 3.23. The molecule has 0 unspecified atom stereocenters. The van der Waals surface area contributed by atoms with Crippen LogP contribution in [0.5, 0.6) is 0 Å². The Labute approximate surface area is 96.6 Å². The van der Waals surface area contributed by atoms with E-state index in [1.54, 1.807) is 6.92 Å². The van der Waals surface area contributed by atoms with Gasteiger partial charge in [-0.3, -0.25) is 10.1 Å². The molecule has 0 amide bonds. The predicted molar refractivity (Wildman–Crippen MR) is 60.0 cm³/mol. The van der Waals surface area contributed by atoms with Crippen molar-refractivity contribution in [2.45, 2.75) is 6.92 Å². The first kappa shape index (κ1) is 12.3. The SMILES string of the molecule is CC#CCNc1cc(Cl)c(F)cc1[N+](=O)[O-]. The Morgan fingerprint density at radius 3 is 2.88 bits per heavy atom. The number of nitro groups is 1. The Balaban J connectivity index is 3.07. The molecule has 0 spiro atoms. The van der Waals surface area contributed by atoms with E-state index in [2.05, 4.69) is 17.2 Å². The van der Waals surface area contributed by atoms with Crippen molar-refractivity contribution in [1.82, 2.24) is 0 Å². The van der Waals surface area contributed by atoms with Crippen molar-refractivity contribution in [1.29, 1.82) is 0 Å². The lowest BCUT2D eigenvalue weighted by Gasteiger charge is -2.04. The molecule has 1 N–H and O–H groups in total. The summed E-state index contributed by atoms with van der Waals surface area (Å²) in [7, 11) is 0. The van der Waals surface area contributed by atoms with Crippen LogP contribution in [0.4, 0.5) is 15.8 Å². The summed E-state index contributed by atoms with van der Waals surface area (Å²) in [4.78, 5) is 9.96. The number of benzene rings is 1. The summed E-state index contributed by atoms with van der Waals surface area (Å²) in [6.45, 7) is 1.88. The summed E-state index contributed by atoms with van der Waals surface area (Å²) in [5.74, 6) is 4.48. The normalized spacial score (nSPS) is 9.19. The van der Waals surface area contributed by atoms with Crippen LogP contribution in [0, 0.1) is 27.8 Å². The van der Waals surface area contributed by atoms with Crippen LogP contribution in [0.3, 0.4) is 0 Å². The zero-order valence-electron chi connectivity index (χ0n) is 8.38. The van der Waals surface area contributed by atoms with Crippen molar-refractivity contribution in [3.05, 3.63) is 33.1 Å². The van der Waals surface area contributed by atoms with Crippen LogP contribution in [0.25, 0.3) is 0 Å². The van der Waals surface area contributed by atoms with E-state index in [9.17, 15) is 14.5 Å². The third kappa shape index (κ3) is 2.84. The average molecular weight is 243 g/mol. The molecule has 0 bridgehead atoms. The minimum atomic E-state index is -0.819. The van der Waals surface area contributed by atoms with Crippen LogP contribution in [0.2, 0.25) is 5.02 Å². The van der Waals surface area contributed by atoms with Crippen molar-refractivity contribution < 1.29 is 9.31 Å². The molecule has 0 saturated carbocycles. The van der Waals surface area contributed by atoms with Crippen molar-refractivity contribution in [3.8, 4) is 11.8 Å². The number of rotatable bonds is 3. The first-order valence-corrected chi connectivity index (χ1v) is 4.71. The van der Waals surface area contributed by atoms with Crippen LogP contribution in [-0.4, -0.2) is 11.5 Å². The molecule has 16 heavy (non-hydrogen) atoms. The van der Waals surface area contributed by atoms with E-state index in [-0.39, 0.29) is 22.9 Å². The highest BCUT2D eigenvalue weighted by atomic mass is 35.5. The average Bonchev–Trinajstić information content (AvgIpc) is 2.23. The highest BCUT2D eigenvalue weighted by Crippen LogP contribution is 2.29. The fraction of sp³-hybridized carbons (Fsp3) is 0.200. The number of nitrogens with one attached hydrogen (secondary N) is 1.